The standard InChI is InChI=1S/C14H23N3O2S/c1-16-5-7-17(8-6-16)9-10-20(18)14-11-12(19-2)3-4-13(14)15/h3-4,11H,5-10,15H2,1-2H3. The van der Waals surface area contributed by atoms with Gasteiger partial charge in [0, 0.05) is 44.2 Å². The lowest BCUT2D eigenvalue weighted by Gasteiger charge is -2.32. The van der Waals surface area contributed by atoms with Crippen molar-refractivity contribution in [2.24, 2.45) is 0 Å². The lowest BCUT2D eigenvalue weighted by Crippen LogP contribution is -2.45. The second kappa shape index (κ2) is 7.06. The van der Waals surface area contributed by atoms with Gasteiger partial charge in [-0.1, -0.05) is 0 Å². The number of ether oxygens (including phenoxy) is 1. The van der Waals surface area contributed by atoms with Crippen LogP contribution in [0.15, 0.2) is 23.1 Å². The molecule has 1 unspecified atom stereocenters. The van der Waals surface area contributed by atoms with E-state index in [0.29, 0.717) is 22.1 Å². The van der Waals surface area contributed by atoms with Crippen LogP contribution >= 0.6 is 0 Å². The van der Waals surface area contributed by atoms with E-state index >= 15 is 0 Å². The molecule has 0 radical (unpaired) electrons. The molecule has 0 saturated carbocycles. The van der Waals surface area contributed by atoms with Crippen molar-refractivity contribution in [1.29, 1.82) is 0 Å². The third-order valence-corrected chi connectivity index (χ3v) is 5.05. The molecule has 1 aromatic carbocycles. The van der Waals surface area contributed by atoms with E-state index < -0.39 is 10.8 Å². The summed E-state index contributed by atoms with van der Waals surface area (Å²) in [7, 11) is 2.65. The fraction of sp³-hybridized carbons (Fsp3) is 0.571. The number of piperazine rings is 1. The maximum atomic E-state index is 12.4. The monoisotopic (exact) mass is 297 g/mol. The van der Waals surface area contributed by atoms with Gasteiger partial charge in [-0.2, -0.15) is 0 Å². The lowest BCUT2D eigenvalue weighted by molar-refractivity contribution is 0.161. The van der Waals surface area contributed by atoms with Gasteiger partial charge in [0.25, 0.3) is 0 Å². The first kappa shape index (κ1) is 15.3. The molecular weight excluding hydrogens is 274 g/mol. The van der Waals surface area contributed by atoms with Crippen LogP contribution in [0.2, 0.25) is 0 Å². The highest BCUT2D eigenvalue weighted by molar-refractivity contribution is 7.85. The Kier molecular flexibility index (Phi) is 5.39. The number of methoxy groups -OCH3 is 1. The van der Waals surface area contributed by atoms with Crippen LogP contribution in [0.1, 0.15) is 0 Å². The summed E-state index contributed by atoms with van der Waals surface area (Å²) in [5, 5.41) is 0. The number of nitrogens with two attached hydrogens (primary N) is 1. The van der Waals surface area contributed by atoms with Crippen LogP contribution in [0, 0.1) is 0 Å². The van der Waals surface area contributed by atoms with Crippen LogP contribution < -0.4 is 10.5 Å². The summed E-state index contributed by atoms with van der Waals surface area (Å²) in [6, 6.07) is 5.31. The van der Waals surface area contributed by atoms with Crippen molar-refractivity contribution in [1.82, 2.24) is 9.80 Å². The summed E-state index contributed by atoms with van der Waals surface area (Å²) in [4.78, 5) is 5.35. The molecule has 0 aromatic heterocycles. The summed E-state index contributed by atoms with van der Waals surface area (Å²) in [5.74, 6) is 1.31. The summed E-state index contributed by atoms with van der Waals surface area (Å²) in [6.07, 6.45) is 0. The number of nitrogen functional groups attached to an aromatic ring is 1. The molecule has 1 aliphatic rings. The van der Waals surface area contributed by atoms with E-state index in [9.17, 15) is 4.21 Å². The molecule has 0 amide bonds. The first-order valence-corrected chi connectivity index (χ1v) is 8.15. The van der Waals surface area contributed by atoms with Crippen LogP contribution in [0.3, 0.4) is 0 Å². The van der Waals surface area contributed by atoms with Gasteiger partial charge >= 0.3 is 0 Å². The van der Waals surface area contributed by atoms with Gasteiger partial charge in [0.2, 0.25) is 0 Å². The molecule has 112 valence electrons. The molecule has 0 spiro atoms. The quantitative estimate of drug-likeness (QED) is 0.808. The van der Waals surface area contributed by atoms with Crippen molar-refractivity contribution in [3.05, 3.63) is 18.2 Å². The number of hydrogen-bond donors (Lipinski definition) is 1. The maximum Gasteiger partial charge on any atom is 0.120 e. The first-order chi connectivity index (χ1) is 9.60. The van der Waals surface area contributed by atoms with Crippen molar-refractivity contribution >= 4 is 16.5 Å². The highest BCUT2D eigenvalue weighted by Crippen LogP contribution is 2.22. The zero-order chi connectivity index (χ0) is 14.5. The van der Waals surface area contributed by atoms with E-state index in [4.69, 9.17) is 10.5 Å². The molecule has 1 saturated heterocycles. The number of anilines is 1. The largest absolute Gasteiger partial charge is 0.497 e. The summed E-state index contributed by atoms with van der Waals surface area (Å²) in [5.41, 5.74) is 6.47. The number of hydrogen-bond acceptors (Lipinski definition) is 5. The van der Waals surface area contributed by atoms with Crippen molar-refractivity contribution in [3.63, 3.8) is 0 Å². The second-order valence-corrected chi connectivity index (χ2v) is 6.64. The van der Waals surface area contributed by atoms with Crippen LogP contribution in [-0.4, -0.2) is 66.6 Å². The van der Waals surface area contributed by atoms with Crippen molar-refractivity contribution in [3.8, 4) is 5.75 Å². The Morgan fingerprint density at radius 2 is 2.00 bits per heavy atom. The molecule has 20 heavy (non-hydrogen) atoms. The lowest BCUT2D eigenvalue weighted by atomic mass is 10.3. The minimum absolute atomic E-state index is 0.572. The molecule has 2 N–H and O–H groups in total. The Balaban J connectivity index is 1.91. The Labute approximate surface area is 123 Å². The second-order valence-electron chi connectivity index (χ2n) is 5.10. The SMILES string of the molecule is COc1ccc(N)c(S(=O)CCN2CCN(C)CC2)c1. The van der Waals surface area contributed by atoms with Crippen LogP contribution in [0.4, 0.5) is 5.69 Å². The van der Waals surface area contributed by atoms with Crippen molar-refractivity contribution in [2.75, 3.05) is 58.4 Å². The predicted molar refractivity (Wildman–Crippen MR) is 82.6 cm³/mol. The van der Waals surface area contributed by atoms with Gasteiger partial charge in [-0.05, 0) is 25.2 Å². The number of nitrogens with zero attached hydrogens (tertiary/aromatic N) is 2. The summed E-state index contributed by atoms with van der Waals surface area (Å²) >= 11 is 0. The molecule has 6 heteroatoms. The van der Waals surface area contributed by atoms with E-state index in [-0.39, 0.29) is 0 Å². The molecule has 0 bridgehead atoms. The fourth-order valence-corrected chi connectivity index (χ4v) is 3.45. The summed E-state index contributed by atoms with van der Waals surface area (Å²) < 4.78 is 17.5. The van der Waals surface area contributed by atoms with Gasteiger partial charge in [-0.15, -0.1) is 0 Å². The van der Waals surface area contributed by atoms with Crippen LogP contribution in [0.25, 0.3) is 0 Å². The third-order valence-electron chi connectivity index (χ3n) is 3.65. The van der Waals surface area contributed by atoms with Crippen LogP contribution in [0.5, 0.6) is 5.75 Å². The Bertz CT molecular complexity index is 473. The molecule has 1 aliphatic heterocycles. The third kappa shape index (κ3) is 3.94. The van der Waals surface area contributed by atoms with E-state index in [1.807, 2.05) is 0 Å². The number of likely N-dealkylation sites (N-methyl/N-ethyl adjacent to an activating group) is 1. The molecule has 1 aromatic rings. The van der Waals surface area contributed by atoms with Gasteiger partial charge in [0.1, 0.15) is 5.75 Å². The Hall–Kier alpha value is -1.11. The van der Waals surface area contributed by atoms with E-state index in [2.05, 4.69) is 16.8 Å². The van der Waals surface area contributed by atoms with Gasteiger partial charge in [0.15, 0.2) is 0 Å². The maximum absolute atomic E-state index is 12.4. The first-order valence-electron chi connectivity index (χ1n) is 6.83. The van der Waals surface area contributed by atoms with Crippen molar-refractivity contribution in [2.45, 2.75) is 4.90 Å². The molecule has 1 atom stereocenters. The fourth-order valence-electron chi connectivity index (χ4n) is 2.23. The van der Waals surface area contributed by atoms with Gasteiger partial charge < -0.3 is 15.4 Å². The highest BCUT2D eigenvalue weighted by atomic mass is 32.2. The highest BCUT2D eigenvalue weighted by Gasteiger charge is 2.16. The molecule has 1 fully saturated rings. The van der Waals surface area contributed by atoms with Crippen molar-refractivity contribution < 1.29 is 8.95 Å². The zero-order valence-electron chi connectivity index (χ0n) is 12.2. The van der Waals surface area contributed by atoms with Gasteiger partial charge in [-0.3, -0.25) is 9.11 Å². The average molecular weight is 297 g/mol. The molecule has 1 heterocycles. The van der Waals surface area contributed by atoms with E-state index in [0.717, 1.165) is 32.7 Å². The topological polar surface area (TPSA) is 58.8 Å². The number of rotatable bonds is 5. The van der Waals surface area contributed by atoms with Gasteiger partial charge in [-0.25, -0.2) is 0 Å². The predicted octanol–water partition coefficient (Wildman–Crippen LogP) is 0.632. The van der Waals surface area contributed by atoms with Crippen LogP contribution in [-0.2, 0) is 10.8 Å². The molecule has 2 rings (SSSR count). The number of benzene rings is 1. The van der Waals surface area contributed by atoms with Gasteiger partial charge in [0.05, 0.1) is 22.8 Å². The Morgan fingerprint density at radius 3 is 2.65 bits per heavy atom. The average Bonchev–Trinajstić information content (AvgIpc) is 2.47. The smallest absolute Gasteiger partial charge is 0.120 e. The molecule has 0 aliphatic carbocycles. The van der Waals surface area contributed by atoms with E-state index in [1.54, 1.807) is 25.3 Å². The minimum Gasteiger partial charge on any atom is -0.497 e. The Morgan fingerprint density at radius 1 is 1.30 bits per heavy atom. The zero-order valence-corrected chi connectivity index (χ0v) is 13.0. The van der Waals surface area contributed by atoms with E-state index in [1.165, 1.54) is 0 Å². The molecule has 5 nitrogen and oxygen atoms in total. The minimum atomic E-state index is -1.08. The molecular formula is C14H23N3O2S. The summed E-state index contributed by atoms with van der Waals surface area (Å²) in [6.45, 7) is 5.08. The normalized spacial score (nSPS) is 18.9.